The van der Waals surface area contributed by atoms with Gasteiger partial charge in [0.2, 0.25) is 0 Å². The summed E-state index contributed by atoms with van der Waals surface area (Å²) < 4.78 is 5.70. The summed E-state index contributed by atoms with van der Waals surface area (Å²) in [5.74, 6) is 6.12. The lowest BCUT2D eigenvalue weighted by Crippen LogP contribution is -2.52. The van der Waals surface area contributed by atoms with Gasteiger partial charge in [-0.05, 0) is 44.9 Å². The van der Waals surface area contributed by atoms with Crippen LogP contribution in [0.4, 0.5) is 5.82 Å². The Kier molecular flexibility index (Phi) is 4.86. The van der Waals surface area contributed by atoms with Gasteiger partial charge in [-0.15, -0.1) is 0 Å². The number of hydrogen-bond acceptors (Lipinski definition) is 5. The lowest BCUT2D eigenvalue weighted by molar-refractivity contribution is -0.0380. The number of aromatic nitrogens is 1. The zero-order chi connectivity index (χ0) is 12.9. The van der Waals surface area contributed by atoms with Crippen LogP contribution in [0.1, 0.15) is 26.3 Å². The van der Waals surface area contributed by atoms with E-state index in [2.05, 4.69) is 10.4 Å². The molecule has 96 valence electrons. The molecule has 0 aliphatic rings. The highest BCUT2D eigenvalue weighted by Crippen LogP contribution is 2.18. The minimum Gasteiger partial charge on any atom is -0.384 e. The fourth-order valence-electron chi connectivity index (χ4n) is 1.84. The fraction of sp³-hybridized carbons (Fsp3) is 0.583. The quantitative estimate of drug-likeness (QED) is 0.505. The molecule has 1 aromatic heterocycles. The lowest BCUT2D eigenvalue weighted by Gasteiger charge is -2.33. The van der Waals surface area contributed by atoms with Crippen LogP contribution in [0.2, 0.25) is 0 Å². The topological polar surface area (TPSA) is 86.2 Å². The molecule has 0 saturated heterocycles. The summed E-state index contributed by atoms with van der Waals surface area (Å²) in [7, 11) is 0. The average Bonchev–Trinajstić information content (AvgIpc) is 2.25. The van der Waals surface area contributed by atoms with Gasteiger partial charge in [-0.2, -0.15) is 0 Å². The average molecular weight is 238 g/mol. The van der Waals surface area contributed by atoms with Crippen LogP contribution < -0.4 is 17.0 Å². The third kappa shape index (κ3) is 3.96. The van der Waals surface area contributed by atoms with Crippen molar-refractivity contribution in [2.45, 2.75) is 38.8 Å². The number of pyridine rings is 1. The first-order chi connectivity index (χ1) is 7.99. The van der Waals surface area contributed by atoms with E-state index in [0.29, 0.717) is 12.4 Å². The van der Waals surface area contributed by atoms with Crippen LogP contribution in [0, 0.1) is 0 Å². The second kappa shape index (κ2) is 5.95. The summed E-state index contributed by atoms with van der Waals surface area (Å²) in [6, 6.07) is 3.80. The Morgan fingerprint density at radius 3 is 2.76 bits per heavy atom. The maximum Gasteiger partial charge on any atom is 0.123 e. The molecular formula is C12H22N4O. The Morgan fingerprint density at radius 2 is 2.24 bits per heavy atom. The molecular weight excluding hydrogens is 216 g/mol. The number of nitrogen functional groups attached to an aromatic ring is 1. The van der Waals surface area contributed by atoms with Crippen LogP contribution in [-0.2, 0) is 11.2 Å². The lowest BCUT2D eigenvalue weighted by atomic mass is 9.93. The molecule has 0 amide bonds. The molecule has 0 saturated carbocycles. The van der Waals surface area contributed by atoms with Crippen molar-refractivity contribution in [3.8, 4) is 0 Å². The molecule has 5 N–H and O–H groups in total. The van der Waals surface area contributed by atoms with Crippen LogP contribution in [0.15, 0.2) is 18.3 Å². The number of hydrazine groups is 1. The first-order valence-corrected chi connectivity index (χ1v) is 5.80. The molecule has 0 aliphatic carbocycles. The van der Waals surface area contributed by atoms with E-state index in [-0.39, 0.29) is 11.6 Å². The van der Waals surface area contributed by atoms with Gasteiger partial charge in [0.05, 0.1) is 11.6 Å². The Labute approximate surface area is 103 Å². The van der Waals surface area contributed by atoms with Crippen LogP contribution in [0.3, 0.4) is 0 Å². The van der Waals surface area contributed by atoms with Gasteiger partial charge < -0.3 is 10.5 Å². The van der Waals surface area contributed by atoms with Crippen molar-refractivity contribution in [3.63, 3.8) is 0 Å². The summed E-state index contributed by atoms with van der Waals surface area (Å²) in [6.45, 7) is 6.67. The molecule has 0 bridgehead atoms. The first-order valence-electron chi connectivity index (χ1n) is 5.80. The summed E-state index contributed by atoms with van der Waals surface area (Å²) in [6.07, 6.45) is 2.45. The number of nitrogens with zero attached hydrogens (tertiary/aromatic N) is 1. The van der Waals surface area contributed by atoms with Crippen molar-refractivity contribution in [2.75, 3.05) is 12.3 Å². The Bertz CT molecular complexity index is 354. The van der Waals surface area contributed by atoms with Crippen molar-refractivity contribution < 1.29 is 4.74 Å². The molecule has 0 aromatic carbocycles. The van der Waals surface area contributed by atoms with E-state index in [1.807, 2.05) is 32.9 Å². The van der Waals surface area contributed by atoms with Gasteiger partial charge in [0.1, 0.15) is 5.82 Å². The van der Waals surface area contributed by atoms with Gasteiger partial charge in [0, 0.05) is 12.8 Å². The van der Waals surface area contributed by atoms with E-state index >= 15 is 0 Å². The van der Waals surface area contributed by atoms with Crippen LogP contribution in [0.5, 0.6) is 0 Å². The molecule has 0 fully saturated rings. The zero-order valence-electron chi connectivity index (χ0n) is 10.7. The third-order valence-corrected chi connectivity index (χ3v) is 2.84. The van der Waals surface area contributed by atoms with Gasteiger partial charge in [-0.1, -0.05) is 0 Å². The maximum absolute atomic E-state index is 5.70. The number of nitrogens with two attached hydrogens (primary N) is 2. The van der Waals surface area contributed by atoms with E-state index < -0.39 is 0 Å². The number of rotatable bonds is 6. The Balaban J connectivity index is 2.76. The molecule has 1 heterocycles. The molecule has 0 aliphatic heterocycles. The van der Waals surface area contributed by atoms with Gasteiger partial charge in [0.25, 0.3) is 0 Å². The van der Waals surface area contributed by atoms with Gasteiger partial charge in [-0.25, -0.2) is 4.98 Å². The highest BCUT2D eigenvalue weighted by atomic mass is 16.5. The standard InChI is InChI=1S/C12H22N4O/c1-4-17-12(2,3)10(16-14)7-9-5-6-15-11(13)8-9/h5-6,8,10,16H,4,7,14H2,1-3H3,(H2,13,15). The molecule has 1 aromatic rings. The van der Waals surface area contributed by atoms with Crippen LogP contribution >= 0.6 is 0 Å². The van der Waals surface area contributed by atoms with E-state index in [1.165, 1.54) is 0 Å². The van der Waals surface area contributed by atoms with Crippen molar-refractivity contribution >= 4 is 5.82 Å². The molecule has 1 atom stereocenters. The van der Waals surface area contributed by atoms with Crippen molar-refractivity contribution in [1.82, 2.24) is 10.4 Å². The Hall–Kier alpha value is -1.17. The molecule has 5 nitrogen and oxygen atoms in total. The largest absolute Gasteiger partial charge is 0.384 e. The van der Waals surface area contributed by atoms with E-state index in [0.717, 1.165) is 12.0 Å². The van der Waals surface area contributed by atoms with Crippen LogP contribution in [-0.4, -0.2) is 23.2 Å². The summed E-state index contributed by atoms with van der Waals surface area (Å²) in [5, 5.41) is 0. The smallest absolute Gasteiger partial charge is 0.123 e. The zero-order valence-corrected chi connectivity index (χ0v) is 10.7. The number of ether oxygens (including phenoxy) is 1. The van der Waals surface area contributed by atoms with Crippen LogP contribution in [0.25, 0.3) is 0 Å². The van der Waals surface area contributed by atoms with E-state index in [1.54, 1.807) is 6.20 Å². The predicted molar refractivity (Wildman–Crippen MR) is 69.2 cm³/mol. The maximum atomic E-state index is 5.70. The SMILES string of the molecule is CCOC(C)(C)C(Cc1ccnc(N)c1)NN. The number of anilines is 1. The molecule has 0 radical (unpaired) electrons. The number of hydrogen-bond donors (Lipinski definition) is 3. The summed E-state index contributed by atoms with van der Waals surface area (Å²) in [5.41, 5.74) is 9.22. The molecule has 17 heavy (non-hydrogen) atoms. The van der Waals surface area contributed by atoms with E-state index in [4.69, 9.17) is 16.3 Å². The van der Waals surface area contributed by atoms with Crippen molar-refractivity contribution in [2.24, 2.45) is 5.84 Å². The van der Waals surface area contributed by atoms with E-state index in [9.17, 15) is 0 Å². The molecule has 0 spiro atoms. The van der Waals surface area contributed by atoms with Crippen molar-refractivity contribution in [3.05, 3.63) is 23.9 Å². The third-order valence-electron chi connectivity index (χ3n) is 2.84. The Morgan fingerprint density at radius 1 is 1.53 bits per heavy atom. The minimum atomic E-state index is -0.332. The molecule has 5 heteroatoms. The first kappa shape index (κ1) is 13.9. The molecule has 1 rings (SSSR count). The molecule has 1 unspecified atom stereocenters. The highest BCUT2D eigenvalue weighted by molar-refractivity contribution is 5.32. The van der Waals surface area contributed by atoms with Gasteiger partial charge >= 0.3 is 0 Å². The fourth-order valence-corrected chi connectivity index (χ4v) is 1.84. The predicted octanol–water partition coefficient (Wildman–Crippen LogP) is 0.853. The van der Waals surface area contributed by atoms with Crippen molar-refractivity contribution in [1.29, 1.82) is 0 Å². The second-order valence-electron chi connectivity index (χ2n) is 4.55. The second-order valence-corrected chi connectivity index (χ2v) is 4.55. The summed E-state index contributed by atoms with van der Waals surface area (Å²) in [4.78, 5) is 3.97. The minimum absolute atomic E-state index is 0.0178. The number of nitrogens with one attached hydrogen (secondary N) is 1. The monoisotopic (exact) mass is 238 g/mol. The highest BCUT2D eigenvalue weighted by Gasteiger charge is 2.29. The summed E-state index contributed by atoms with van der Waals surface area (Å²) >= 11 is 0. The van der Waals surface area contributed by atoms with Gasteiger partial charge in [-0.3, -0.25) is 11.3 Å². The van der Waals surface area contributed by atoms with Gasteiger partial charge in [0.15, 0.2) is 0 Å². The normalized spacial score (nSPS) is 13.6.